The molecule has 2 rings (SSSR count). The molecule has 3 nitrogen and oxygen atoms in total. The van der Waals surface area contributed by atoms with Crippen LogP contribution < -0.4 is 5.32 Å². The summed E-state index contributed by atoms with van der Waals surface area (Å²) in [4.78, 5) is 13.6. The van der Waals surface area contributed by atoms with E-state index >= 15 is 0 Å². The second-order valence-electron chi connectivity index (χ2n) is 5.16. The van der Waals surface area contributed by atoms with Gasteiger partial charge in [-0.1, -0.05) is 0 Å². The molecule has 0 aromatic heterocycles. The van der Waals surface area contributed by atoms with E-state index in [4.69, 9.17) is 0 Å². The third-order valence-corrected chi connectivity index (χ3v) is 4.07. The molecule has 3 heteroatoms. The third-order valence-electron chi connectivity index (χ3n) is 4.07. The summed E-state index contributed by atoms with van der Waals surface area (Å²) in [5, 5.41) is 3.18. The molecule has 0 aromatic rings. The number of amides is 1. The number of piperidine rings is 1. The fourth-order valence-corrected chi connectivity index (χ4v) is 3.31. The van der Waals surface area contributed by atoms with Crippen LogP contribution in [0.3, 0.4) is 0 Å². The Labute approximate surface area is 85.8 Å². The van der Waals surface area contributed by atoms with Crippen molar-refractivity contribution in [1.82, 2.24) is 10.2 Å². The quantitative estimate of drug-likeness (QED) is 0.674. The average molecular weight is 196 g/mol. The molecule has 1 N–H and O–H groups in total. The van der Waals surface area contributed by atoms with Crippen LogP contribution in [0, 0.1) is 11.8 Å². The lowest BCUT2D eigenvalue weighted by atomic mass is 9.78. The molecule has 2 unspecified atom stereocenters. The Balaban J connectivity index is 2.16. The fourth-order valence-electron chi connectivity index (χ4n) is 3.31. The summed E-state index contributed by atoms with van der Waals surface area (Å²) in [5.41, 5.74) is 0.0678. The number of hydrogen-bond donors (Lipinski definition) is 1. The average Bonchev–Trinajstić information content (AvgIpc) is 2.30. The number of nitrogens with zero attached hydrogens (tertiary/aromatic N) is 1. The van der Waals surface area contributed by atoms with Gasteiger partial charge in [-0.2, -0.15) is 0 Å². The highest BCUT2D eigenvalue weighted by Crippen LogP contribution is 2.44. The molecule has 2 fully saturated rings. The number of carbonyl (C=O) groups is 1. The zero-order valence-corrected chi connectivity index (χ0v) is 9.34. The van der Waals surface area contributed by atoms with Crippen molar-refractivity contribution in [1.29, 1.82) is 0 Å². The standard InChI is InChI=1S/C11H20N2O/c1-8(14)12-11(2)9-4-5-10(11)7-13(3)6-9/h9-10H,4-7H2,1-3H3,(H,12,14). The van der Waals surface area contributed by atoms with Crippen molar-refractivity contribution >= 4 is 5.91 Å². The van der Waals surface area contributed by atoms with Crippen LogP contribution in [0.1, 0.15) is 26.7 Å². The maximum Gasteiger partial charge on any atom is 0.217 e. The predicted octanol–water partition coefficient (Wildman–Crippen LogP) is 0.853. The minimum absolute atomic E-state index is 0.0678. The number of likely N-dealkylation sites (tertiary alicyclic amines) is 1. The Hall–Kier alpha value is -0.570. The first-order chi connectivity index (χ1) is 6.52. The molecule has 1 aliphatic heterocycles. The van der Waals surface area contributed by atoms with E-state index in [1.54, 1.807) is 6.92 Å². The zero-order valence-electron chi connectivity index (χ0n) is 9.34. The van der Waals surface area contributed by atoms with Crippen LogP contribution in [0.2, 0.25) is 0 Å². The SMILES string of the molecule is CC(=O)NC1(C)C2CCC1CN(C)C2. The molecule has 1 heterocycles. The van der Waals surface area contributed by atoms with Crippen LogP contribution >= 0.6 is 0 Å². The van der Waals surface area contributed by atoms with Gasteiger partial charge in [0.2, 0.25) is 5.91 Å². The van der Waals surface area contributed by atoms with E-state index in [2.05, 4.69) is 24.2 Å². The van der Waals surface area contributed by atoms with Gasteiger partial charge in [-0.3, -0.25) is 4.79 Å². The van der Waals surface area contributed by atoms with E-state index < -0.39 is 0 Å². The molecule has 1 saturated heterocycles. The molecule has 0 spiro atoms. The first kappa shape index (κ1) is 9.97. The largest absolute Gasteiger partial charge is 0.351 e. The number of fused-ring (bicyclic) bond motifs is 2. The highest BCUT2D eigenvalue weighted by molar-refractivity contribution is 5.74. The van der Waals surface area contributed by atoms with Gasteiger partial charge in [-0.15, -0.1) is 0 Å². The molecule has 2 bridgehead atoms. The third kappa shape index (κ3) is 1.44. The first-order valence-corrected chi connectivity index (χ1v) is 5.49. The summed E-state index contributed by atoms with van der Waals surface area (Å²) in [5.74, 6) is 1.42. The monoisotopic (exact) mass is 196 g/mol. The molecular formula is C11H20N2O. The highest BCUT2D eigenvalue weighted by atomic mass is 16.1. The van der Waals surface area contributed by atoms with Gasteiger partial charge in [0.1, 0.15) is 0 Å². The summed E-state index contributed by atoms with van der Waals surface area (Å²) in [7, 11) is 2.18. The van der Waals surface area contributed by atoms with E-state index in [0.29, 0.717) is 11.8 Å². The van der Waals surface area contributed by atoms with E-state index in [1.165, 1.54) is 12.8 Å². The minimum Gasteiger partial charge on any atom is -0.351 e. The van der Waals surface area contributed by atoms with E-state index in [1.807, 2.05) is 0 Å². The first-order valence-electron chi connectivity index (χ1n) is 5.49. The number of hydrogen-bond acceptors (Lipinski definition) is 2. The van der Waals surface area contributed by atoms with E-state index in [9.17, 15) is 4.79 Å². The lowest BCUT2D eigenvalue weighted by Gasteiger charge is -2.45. The van der Waals surface area contributed by atoms with Crippen molar-refractivity contribution in [3.05, 3.63) is 0 Å². The molecule has 1 aliphatic carbocycles. The van der Waals surface area contributed by atoms with Crippen LogP contribution in [-0.4, -0.2) is 36.5 Å². The van der Waals surface area contributed by atoms with Gasteiger partial charge in [0.25, 0.3) is 0 Å². The Kier molecular flexibility index (Phi) is 2.30. The molecule has 1 amide bonds. The summed E-state index contributed by atoms with van der Waals surface area (Å²) < 4.78 is 0. The Morgan fingerprint density at radius 2 is 1.86 bits per heavy atom. The van der Waals surface area contributed by atoms with Crippen LogP contribution in [0.5, 0.6) is 0 Å². The molecule has 0 radical (unpaired) electrons. The molecular weight excluding hydrogens is 176 g/mol. The van der Waals surface area contributed by atoms with Gasteiger partial charge < -0.3 is 10.2 Å². The van der Waals surface area contributed by atoms with Crippen molar-refractivity contribution in [2.75, 3.05) is 20.1 Å². The van der Waals surface area contributed by atoms with Crippen molar-refractivity contribution in [3.63, 3.8) is 0 Å². The van der Waals surface area contributed by atoms with Gasteiger partial charge in [0.15, 0.2) is 0 Å². The number of carbonyl (C=O) groups excluding carboxylic acids is 1. The molecule has 1 saturated carbocycles. The Morgan fingerprint density at radius 3 is 2.29 bits per heavy atom. The maximum absolute atomic E-state index is 11.2. The van der Waals surface area contributed by atoms with Crippen molar-refractivity contribution in [2.24, 2.45) is 11.8 Å². The Morgan fingerprint density at radius 1 is 1.36 bits per heavy atom. The smallest absolute Gasteiger partial charge is 0.217 e. The molecule has 2 atom stereocenters. The van der Waals surface area contributed by atoms with Crippen LogP contribution in [-0.2, 0) is 4.79 Å². The summed E-state index contributed by atoms with van der Waals surface area (Å²) in [6.45, 7) is 6.12. The normalized spacial score (nSPS) is 42.5. The van der Waals surface area contributed by atoms with Crippen LogP contribution in [0.4, 0.5) is 0 Å². The molecule has 2 aliphatic rings. The predicted molar refractivity (Wildman–Crippen MR) is 55.9 cm³/mol. The van der Waals surface area contributed by atoms with Gasteiger partial charge in [0, 0.05) is 25.6 Å². The minimum atomic E-state index is 0.0678. The second kappa shape index (κ2) is 3.23. The van der Waals surface area contributed by atoms with Gasteiger partial charge in [-0.05, 0) is 38.6 Å². The highest BCUT2D eigenvalue weighted by Gasteiger charge is 2.50. The van der Waals surface area contributed by atoms with Crippen LogP contribution in [0.15, 0.2) is 0 Å². The van der Waals surface area contributed by atoms with Crippen LogP contribution in [0.25, 0.3) is 0 Å². The van der Waals surface area contributed by atoms with Gasteiger partial charge in [0.05, 0.1) is 0 Å². The molecule has 0 aromatic carbocycles. The summed E-state index contributed by atoms with van der Waals surface area (Å²) in [6.07, 6.45) is 2.54. The van der Waals surface area contributed by atoms with Gasteiger partial charge in [-0.25, -0.2) is 0 Å². The summed E-state index contributed by atoms with van der Waals surface area (Å²) in [6, 6.07) is 0. The second-order valence-corrected chi connectivity index (χ2v) is 5.16. The molecule has 14 heavy (non-hydrogen) atoms. The Bertz CT molecular complexity index is 238. The number of nitrogens with one attached hydrogen (secondary N) is 1. The van der Waals surface area contributed by atoms with Crippen molar-refractivity contribution in [2.45, 2.75) is 32.2 Å². The zero-order chi connectivity index (χ0) is 10.3. The van der Waals surface area contributed by atoms with Gasteiger partial charge >= 0.3 is 0 Å². The lowest BCUT2D eigenvalue weighted by Crippen LogP contribution is -2.60. The topological polar surface area (TPSA) is 32.3 Å². The lowest BCUT2D eigenvalue weighted by molar-refractivity contribution is -0.122. The fraction of sp³-hybridized carbons (Fsp3) is 0.909. The number of rotatable bonds is 1. The van der Waals surface area contributed by atoms with E-state index in [0.717, 1.165) is 13.1 Å². The van der Waals surface area contributed by atoms with Crippen molar-refractivity contribution < 1.29 is 4.79 Å². The maximum atomic E-state index is 11.2. The van der Waals surface area contributed by atoms with Crippen molar-refractivity contribution in [3.8, 4) is 0 Å². The molecule has 80 valence electrons. The summed E-state index contributed by atoms with van der Waals surface area (Å²) >= 11 is 0. The van der Waals surface area contributed by atoms with E-state index in [-0.39, 0.29) is 11.4 Å².